The standard InChI is InChI=1S/C18H27NO6/c1-20-15-12-13-16(21-2,19-14-10-8-7-9-11-14)18(24-5,25-6)17(15,22-3)23-4/h7-13,15,19H,1-6H3. The molecule has 7 nitrogen and oxygen atoms in total. The van der Waals surface area contributed by atoms with E-state index in [1.807, 2.05) is 30.3 Å². The zero-order valence-corrected chi connectivity index (χ0v) is 15.6. The van der Waals surface area contributed by atoms with Gasteiger partial charge in [0.15, 0.2) is 0 Å². The molecule has 0 spiro atoms. The molecule has 2 unspecified atom stereocenters. The second-order valence-electron chi connectivity index (χ2n) is 5.55. The highest BCUT2D eigenvalue weighted by molar-refractivity contribution is 5.48. The maximum atomic E-state index is 5.87. The van der Waals surface area contributed by atoms with Crippen LogP contribution < -0.4 is 5.32 Å². The van der Waals surface area contributed by atoms with E-state index in [4.69, 9.17) is 28.4 Å². The van der Waals surface area contributed by atoms with E-state index in [1.165, 1.54) is 28.4 Å². The summed E-state index contributed by atoms with van der Waals surface area (Å²) in [5, 5.41) is 3.33. The summed E-state index contributed by atoms with van der Waals surface area (Å²) < 4.78 is 34.6. The number of rotatable bonds is 8. The van der Waals surface area contributed by atoms with Crippen LogP contribution in [0.4, 0.5) is 5.69 Å². The van der Waals surface area contributed by atoms with Crippen LogP contribution in [0.3, 0.4) is 0 Å². The average molecular weight is 353 g/mol. The molecule has 1 aliphatic carbocycles. The predicted octanol–water partition coefficient (Wildman–Crippen LogP) is 2.00. The summed E-state index contributed by atoms with van der Waals surface area (Å²) in [6, 6.07) is 9.58. The Morgan fingerprint density at radius 3 is 1.84 bits per heavy atom. The highest BCUT2D eigenvalue weighted by Crippen LogP contribution is 2.48. The maximum absolute atomic E-state index is 5.87. The number of hydrogen-bond acceptors (Lipinski definition) is 7. The Morgan fingerprint density at radius 1 is 0.800 bits per heavy atom. The van der Waals surface area contributed by atoms with Crippen molar-refractivity contribution in [3.63, 3.8) is 0 Å². The fourth-order valence-corrected chi connectivity index (χ4v) is 3.51. The average Bonchev–Trinajstić information content (AvgIpc) is 2.68. The first-order valence-corrected chi connectivity index (χ1v) is 7.86. The van der Waals surface area contributed by atoms with E-state index in [-0.39, 0.29) is 0 Å². The monoisotopic (exact) mass is 353 g/mol. The summed E-state index contributed by atoms with van der Waals surface area (Å²) in [4.78, 5) is 0. The summed E-state index contributed by atoms with van der Waals surface area (Å²) in [7, 11) is 9.12. The van der Waals surface area contributed by atoms with Gasteiger partial charge in [0.05, 0.1) is 0 Å². The van der Waals surface area contributed by atoms with Crippen LogP contribution >= 0.6 is 0 Å². The van der Waals surface area contributed by atoms with Crippen molar-refractivity contribution < 1.29 is 28.4 Å². The number of methoxy groups -OCH3 is 6. The number of nitrogens with one attached hydrogen (secondary N) is 1. The maximum Gasteiger partial charge on any atom is 0.280 e. The van der Waals surface area contributed by atoms with Crippen molar-refractivity contribution in [3.05, 3.63) is 42.5 Å². The molecule has 0 saturated heterocycles. The number of ether oxygens (including phenoxy) is 6. The molecule has 1 aromatic rings. The molecule has 7 heteroatoms. The number of anilines is 1. The van der Waals surface area contributed by atoms with Crippen molar-refractivity contribution in [1.29, 1.82) is 0 Å². The van der Waals surface area contributed by atoms with Gasteiger partial charge < -0.3 is 33.7 Å². The molecule has 2 atom stereocenters. The van der Waals surface area contributed by atoms with Crippen molar-refractivity contribution in [2.45, 2.75) is 23.4 Å². The van der Waals surface area contributed by atoms with Crippen LogP contribution in [0.15, 0.2) is 42.5 Å². The summed E-state index contributed by atoms with van der Waals surface area (Å²) in [5.41, 5.74) is -0.441. The molecule has 0 bridgehead atoms. The van der Waals surface area contributed by atoms with E-state index in [0.717, 1.165) is 5.69 Å². The first-order chi connectivity index (χ1) is 12.0. The lowest BCUT2D eigenvalue weighted by Gasteiger charge is -2.57. The van der Waals surface area contributed by atoms with Crippen LogP contribution in [0.25, 0.3) is 0 Å². The zero-order chi connectivity index (χ0) is 18.6. The van der Waals surface area contributed by atoms with Gasteiger partial charge in [-0.3, -0.25) is 0 Å². The minimum Gasteiger partial charge on any atom is -0.371 e. The van der Waals surface area contributed by atoms with Crippen LogP contribution in [0.5, 0.6) is 0 Å². The van der Waals surface area contributed by atoms with E-state index >= 15 is 0 Å². The Bertz CT molecular complexity index is 570. The molecule has 0 aliphatic heterocycles. The Hall–Kier alpha value is -1.48. The quantitative estimate of drug-likeness (QED) is 0.566. The normalized spacial score (nSPS) is 27.2. The van der Waals surface area contributed by atoms with Gasteiger partial charge in [0.2, 0.25) is 5.72 Å². The number of hydrogen-bond donors (Lipinski definition) is 1. The summed E-state index contributed by atoms with van der Waals surface area (Å²) >= 11 is 0. The van der Waals surface area contributed by atoms with E-state index in [1.54, 1.807) is 26.4 Å². The Morgan fingerprint density at radius 2 is 1.40 bits per heavy atom. The van der Waals surface area contributed by atoms with Gasteiger partial charge in [-0.1, -0.05) is 18.2 Å². The number of benzene rings is 1. The molecule has 0 amide bonds. The molecular weight excluding hydrogens is 326 g/mol. The summed E-state index contributed by atoms with van der Waals surface area (Å²) in [6.45, 7) is 0. The van der Waals surface area contributed by atoms with Gasteiger partial charge in [0.25, 0.3) is 11.6 Å². The van der Waals surface area contributed by atoms with Gasteiger partial charge in [0, 0.05) is 48.3 Å². The molecule has 0 fully saturated rings. The molecular formula is C18H27NO6. The lowest BCUT2D eigenvalue weighted by molar-refractivity contribution is -0.444. The predicted molar refractivity (Wildman–Crippen MR) is 93.2 cm³/mol. The fraction of sp³-hybridized carbons (Fsp3) is 0.556. The molecule has 0 heterocycles. The van der Waals surface area contributed by atoms with Gasteiger partial charge in [-0.15, -0.1) is 0 Å². The fourth-order valence-electron chi connectivity index (χ4n) is 3.51. The molecule has 0 aromatic heterocycles. The van der Waals surface area contributed by atoms with Crippen molar-refractivity contribution in [1.82, 2.24) is 0 Å². The van der Waals surface area contributed by atoms with Crippen molar-refractivity contribution in [2.75, 3.05) is 48.0 Å². The van der Waals surface area contributed by atoms with E-state index < -0.39 is 23.4 Å². The molecule has 2 rings (SSSR count). The Kier molecular flexibility index (Phi) is 6.21. The first-order valence-electron chi connectivity index (χ1n) is 7.86. The van der Waals surface area contributed by atoms with Gasteiger partial charge in [-0.05, 0) is 24.3 Å². The van der Waals surface area contributed by atoms with Crippen LogP contribution in [-0.4, -0.2) is 66.1 Å². The third-order valence-corrected chi connectivity index (χ3v) is 4.69. The molecule has 0 saturated carbocycles. The van der Waals surface area contributed by atoms with Crippen molar-refractivity contribution in [2.24, 2.45) is 0 Å². The van der Waals surface area contributed by atoms with Gasteiger partial charge in [0.1, 0.15) is 6.10 Å². The largest absolute Gasteiger partial charge is 0.371 e. The van der Waals surface area contributed by atoms with E-state index in [9.17, 15) is 0 Å². The third-order valence-electron chi connectivity index (χ3n) is 4.69. The van der Waals surface area contributed by atoms with E-state index in [2.05, 4.69) is 5.32 Å². The smallest absolute Gasteiger partial charge is 0.280 e. The van der Waals surface area contributed by atoms with Gasteiger partial charge >= 0.3 is 0 Å². The minimum absolute atomic E-state index is 0.594. The molecule has 1 aliphatic rings. The van der Waals surface area contributed by atoms with Gasteiger partial charge in [-0.2, -0.15) is 0 Å². The topological polar surface area (TPSA) is 67.4 Å². The lowest BCUT2D eigenvalue weighted by atomic mass is 9.82. The van der Waals surface area contributed by atoms with Crippen LogP contribution in [0.1, 0.15) is 0 Å². The SMILES string of the molecule is COC1C=CC(Nc2ccccc2)(OC)C(OC)(OC)C1(OC)OC. The second kappa shape index (κ2) is 7.82. The zero-order valence-electron chi connectivity index (χ0n) is 15.6. The minimum atomic E-state index is -1.52. The molecule has 25 heavy (non-hydrogen) atoms. The molecule has 1 aromatic carbocycles. The third kappa shape index (κ3) is 2.77. The van der Waals surface area contributed by atoms with Crippen LogP contribution in [0, 0.1) is 0 Å². The Labute approximate surface area is 148 Å². The second-order valence-corrected chi connectivity index (χ2v) is 5.55. The summed E-state index contributed by atoms with van der Waals surface area (Å²) in [5.74, 6) is -2.96. The van der Waals surface area contributed by atoms with Crippen molar-refractivity contribution >= 4 is 5.69 Å². The highest BCUT2D eigenvalue weighted by Gasteiger charge is 2.72. The van der Waals surface area contributed by atoms with Crippen LogP contribution in [0.2, 0.25) is 0 Å². The van der Waals surface area contributed by atoms with Crippen molar-refractivity contribution in [3.8, 4) is 0 Å². The number of para-hydroxylation sites is 1. The first kappa shape index (κ1) is 19.8. The summed E-state index contributed by atoms with van der Waals surface area (Å²) in [6.07, 6.45) is 2.99. The molecule has 140 valence electrons. The highest BCUT2D eigenvalue weighted by atomic mass is 16.8. The van der Waals surface area contributed by atoms with E-state index in [0.29, 0.717) is 0 Å². The van der Waals surface area contributed by atoms with Gasteiger partial charge in [-0.25, -0.2) is 0 Å². The Balaban J connectivity index is 2.68. The lowest BCUT2D eigenvalue weighted by Crippen LogP contribution is -2.78. The van der Waals surface area contributed by atoms with Crippen LogP contribution in [-0.2, 0) is 28.4 Å². The molecule has 0 radical (unpaired) electrons. The molecule has 1 N–H and O–H groups in total.